The zero-order valence-electron chi connectivity index (χ0n) is 9.91. The third-order valence-corrected chi connectivity index (χ3v) is 2.14. The summed E-state index contributed by atoms with van der Waals surface area (Å²) in [6.07, 6.45) is 6.11. The quantitative estimate of drug-likeness (QED) is 0.388. The molecule has 1 unspecified atom stereocenters. The van der Waals surface area contributed by atoms with Gasteiger partial charge in [0.05, 0.1) is 0 Å². The molecule has 18 heavy (non-hydrogen) atoms. The van der Waals surface area contributed by atoms with E-state index in [2.05, 4.69) is 17.2 Å². The highest BCUT2D eigenvalue weighted by Gasteiger charge is 2.05. The van der Waals surface area contributed by atoms with Gasteiger partial charge in [-0.3, -0.25) is 4.79 Å². The van der Waals surface area contributed by atoms with Crippen molar-refractivity contribution in [3.63, 3.8) is 0 Å². The van der Waals surface area contributed by atoms with E-state index in [0.29, 0.717) is 12.1 Å². The van der Waals surface area contributed by atoms with Crippen LogP contribution in [-0.2, 0) is 4.79 Å². The van der Waals surface area contributed by atoms with Crippen molar-refractivity contribution in [1.82, 2.24) is 10.6 Å². The average molecular weight is 244 g/mol. The Labute approximate surface area is 106 Å². The van der Waals surface area contributed by atoms with E-state index in [1.165, 1.54) is 6.20 Å². The molecule has 0 aliphatic rings. The summed E-state index contributed by atoms with van der Waals surface area (Å²) < 4.78 is 0. The lowest BCUT2D eigenvalue weighted by Crippen LogP contribution is -2.19. The first-order chi connectivity index (χ1) is 8.77. The lowest BCUT2D eigenvalue weighted by molar-refractivity contribution is -0.108. The summed E-state index contributed by atoms with van der Waals surface area (Å²) in [4.78, 5) is 10.1. The Morgan fingerprint density at radius 3 is 2.67 bits per heavy atom. The molecule has 0 aliphatic carbocycles. The molecule has 0 saturated carbocycles. The van der Waals surface area contributed by atoms with Gasteiger partial charge >= 0.3 is 0 Å². The minimum absolute atomic E-state index is 0.565. The fourth-order valence-electron chi connectivity index (χ4n) is 1.33. The summed E-state index contributed by atoms with van der Waals surface area (Å²) in [5.74, 6) is 0. The Balaban J connectivity index is 2.69. The zero-order chi connectivity index (χ0) is 13.2. The number of aliphatic hydroxyl groups excluding tert-OH is 1. The number of carbonyl (C=O) groups excluding carboxylic acids is 1. The summed E-state index contributed by atoms with van der Waals surface area (Å²) in [7, 11) is 0. The van der Waals surface area contributed by atoms with Crippen LogP contribution in [0.5, 0.6) is 0 Å². The Kier molecular flexibility index (Phi) is 6.00. The van der Waals surface area contributed by atoms with Crippen LogP contribution in [0, 0.1) is 0 Å². The van der Waals surface area contributed by atoms with Crippen LogP contribution in [0.1, 0.15) is 11.8 Å². The minimum atomic E-state index is -0.821. The monoisotopic (exact) mass is 244 g/mol. The number of hydrogen-bond donors (Lipinski definition) is 3. The number of aliphatic hydroxyl groups is 1. The lowest BCUT2D eigenvalue weighted by Gasteiger charge is -2.14. The van der Waals surface area contributed by atoms with Gasteiger partial charge in [-0.15, -0.1) is 0 Å². The van der Waals surface area contributed by atoms with Crippen molar-refractivity contribution < 1.29 is 9.90 Å². The molecule has 4 nitrogen and oxygen atoms in total. The SMILES string of the molecule is C=C/C=C(\C=C\NC=O)NC(O)c1ccccc1. The van der Waals surface area contributed by atoms with Crippen LogP contribution in [0.25, 0.3) is 0 Å². The first-order valence-electron chi connectivity index (χ1n) is 5.46. The molecule has 1 rings (SSSR count). The second-order valence-corrected chi connectivity index (χ2v) is 3.43. The average Bonchev–Trinajstić information content (AvgIpc) is 2.40. The predicted octanol–water partition coefficient (Wildman–Crippen LogP) is 1.60. The van der Waals surface area contributed by atoms with E-state index in [-0.39, 0.29) is 0 Å². The maximum atomic E-state index is 10.1. The van der Waals surface area contributed by atoms with Gasteiger partial charge in [0.2, 0.25) is 6.41 Å². The summed E-state index contributed by atoms with van der Waals surface area (Å²) in [6.45, 7) is 3.59. The van der Waals surface area contributed by atoms with Crippen molar-refractivity contribution in [1.29, 1.82) is 0 Å². The van der Waals surface area contributed by atoms with E-state index in [1.807, 2.05) is 30.3 Å². The Morgan fingerprint density at radius 1 is 1.33 bits per heavy atom. The molecule has 0 aromatic heterocycles. The highest BCUT2D eigenvalue weighted by molar-refractivity contribution is 5.48. The van der Waals surface area contributed by atoms with Gasteiger partial charge in [0.25, 0.3) is 0 Å². The third kappa shape index (κ3) is 4.67. The van der Waals surface area contributed by atoms with Crippen LogP contribution in [0.4, 0.5) is 0 Å². The molecule has 1 amide bonds. The van der Waals surface area contributed by atoms with Crippen molar-refractivity contribution in [3.8, 4) is 0 Å². The third-order valence-electron chi connectivity index (χ3n) is 2.14. The van der Waals surface area contributed by atoms with Crippen molar-refractivity contribution in [3.05, 3.63) is 72.6 Å². The van der Waals surface area contributed by atoms with Gasteiger partial charge in [0.1, 0.15) is 0 Å². The molecule has 0 aliphatic heterocycles. The van der Waals surface area contributed by atoms with Gasteiger partial charge in [-0.1, -0.05) is 43.0 Å². The molecular weight excluding hydrogens is 228 g/mol. The zero-order valence-corrected chi connectivity index (χ0v) is 9.91. The van der Waals surface area contributed by atoms with Gasteiger partial charge in [-0.2, -0.15) is 0 Å². The predicted molar refractivity (Wildman–Crippen MR) is 71.2 cm³/mol. The molecule has 1 atom stereocenters. The van der Waals surface area contributed by atoms with E-state index in [4.69, 9.17) is 0 Å². The standard InChI is InChI=1S/C14H16N2O2/c1-2-6-13(9-10-15-11-17)16-14(18)12-7-4-3-5-8-12/h2-11,14,16,18H,1H2,(H,15,17)/b10-9+,13-6+. The van der Waals surface area contributed by atoms with E-state index >= 15 is 0 Å². The maximum absolute atomic E-state index is 10.1. The molecule has 0 bridgehead atoms. The van der Waals surface area contributed by atoms with Crippen LogP contribution in [0.2, 0.25) is 0 Å². The normalized spacial score (nSPS) is 13.1. The van der Waals surface area contributed by atoms with Crippen LogP contribution in [-0.4, -0.2) is 11.5 Å². The molecule has 1 aromatic carbocycles. The van der Waals surface area contributed by atoms with Crippen molar-refractivity contribution in [2.24, 2.45) is 0 Å². The Morgan fingerprint density at radius 2 is 2.06 bits per heavy atom. The van der Waals surface area contributed by atoms with Crippen molar-refractivity contribution in [2.45, 2.75) is 6.23 Å². The van der Waals surface area contributed by atoms with Crippen LogP contribution < -0.4 is 10.6 Å². The van der Waals surface area contributed by atoms with E-state index < -0.39 is 6.23 Å². The van der Waals surface area contributed by atoms with Gasteiger partial charge in [0, 0.05) is 17.5 Å². The first-order valence-corrected chi connectivity index (χ1v) is 5.46. The molecular formula is C14H16N2O2. The molecule has 0 spiro atoms. The number of hydrogen-bond acceptors (Lipinski definition) is 3. The fraction of sp³-hybridized carbons (Fsp3) is 0.0714. The molecule has 1 aromatic rings. The van der Waals surface area contributed by atoms with Crippen molar-refractivity contribution >= 4 is 6.41 Å². The molecule has 94 valence electrons. The second kappa shape index (κ2) is 7.86. The summed E-state index contributed by atoms with van der Waals surface area (Å²) >= 11 is 0. The van der Waals surface area contributed by atoms with Crippen molar-refractivity contribution in [2.75, 3.05) is 0 Å². The summed E-state index contributed by atoms with van der Waals surface area (Å²) in [6, 6.07) is 9.21. The number of benzene rings is 1. The van der Waals surface area contributed by atoms with Crippen LogP contribution in [0.3, 0.4) is 0 Å². The lowest BCUT2D eigenvalue weighted by atomic mass is 10.2. The highest BCUT2D eigenvalue weighted by atomic mass is 16.3. The molecule has 4 heteroatoms. The molecule has 0 radical (unpaired) electrons. The molecule has 3 N–H and O–H groups in total. The first kappa shape index (κ1) is 13.7. The second-order valence-electron chi connectivity index (χ2n) is 3.43. The van der Waals surface area contributed by atoms with E-state index in [1.54, 1.807) is 18.2 Å². The number of carbonyl (C=O) groups is 1. The van der Waals surface area contributed by atoms with Gasteiger partial charge in [0.15, 0.2) is 6.23 Å². The summed E-state index contributed by atoms with van der Waals surface area (Å²) in [5, 5.41) is 15.3. The molecule has 0 fully saturated rings. The molecule has 0 saturated heterocycles. The van der Waals surface area contributed by atoms with Crippen LogP contribution >= 0.6 is 0 Å². The largest absolute Gasteiger partial charge is 0.369 e. The molecule has 0 heterocycles. The van der Waals surface area contributed by atoms with Crippen LogP contribution in [0.15, 0.2) is 67.0 Å². The minimum Gasteiger partial charge on any atom is -0.369 e. The topological polar surface area (TPSA) is 61.4 Å². The van der Waals surface area contributed by atoms with E-state index in [0.717, 1.165) is 5.56 Å². The smallest absolute Gasteiger partial charge is 0.211 e. The van der Waals surface area contributed by atoms with Gasteiger partial charge in [-0.05, 0) is 12.2 Å². The summed E-state index contributed by atoms with van der Waals surface area (Å²) in [5.41, 5.74) is 1.39. The van der Waals surface area contributed by atoms with Gasteiger partial charge in [-0.25, -0.2) is 0 Å². The number of rotatable bonds is 7. The Bertz CT molecular complexity index is 438. The number of allylic oxidation sites excluding steroid dienone is 3. The number of nitrogens with one attached hydrogen (secondary N) is 2. The highest BCUT2D eigenvalue weighted by Crippen LogP contribution is 2.11. The fourth-order valence-corrected chi connectivity index (χ4v) is 1.33. The maximum Gasteiger partial charge on any atom is 0.211 e. The number of amides is 1. The van der Waals surface area contributed by atoms with Gasteiger partial charge < -0.3 is 15.7 Å². The Hall–Kier alpha value is -2.33. The van der Waals surface area contributed by atoms with E-state index in [9.17, 15) is 9.90 Å².